The van der Waals surface area contributed by atoms with Crippen LogP contribution in [-0.2, 0) is 0 Å². The van der Waals surface area contributed by atoms with Crippen LogP contribution in [0, 0.1) is 13.8 Å². The lowest BCUT2D eigenvalue weighted by molar-refractivity contribution is 0.0766. The summed E-state index contributed by atoms with van der Waals surface area (Å²) in [5, 5.41) is 11.8. The van der Waals surface area contributed by atoms with Gasteiger partial charge in [0, 0.05) is 12.1 Å². The molecule has 1 aromatic carbocycles. The molecule has 0 radical (unpaired) electrons. The molecule has 1 aromatic rings. The monoisotopic (exact) mass is 261 g/mol. The lowest BCUT2D eigenvalue weighted by Crippen LogP contribution is -2.44. The van der Waals surface area contributed by atoms with Crippen LogP contribution in [0.2, 0.25) is 0 Å². The zero-order chi connectivity index (χ0) is 14.0. The first-order valence-corrected chi connectivity index (χ1v) is 6.41. The number of hydrogen-bond acceptors (Lipinski definition) is 3. The number of hydrogen-bond donors (Lipinski definition) is 2. The van der Waals surface area contributed by atoms with Crippen LogP contribution in [0.4, 0.5) is 0 Å². The van der Waals surface area contributed by atoms with Crippen molar-refractivity contribution < 1.29 is 10.0 Å². The number of nitrogens with zero attached hydrogens (tertiary/aromatic N) is 2. The molecule has 2 rings (SSSR count). The van der Waals surface area contributed by atoms with Gasteiger partial charge in [-0.2, -0.15) is 0 Å². The standard InChI is InChI=1S/C14H19N3O2/c1-9-5-3-6-10(2)12(9)14(18)17-8-4-7-11(17)13(15)16-19/h3,5-6,11,19H,4,7-8H2,1-2H3,(H2,15,16). The van der Waals surface area contributed by atoms with Crippen LogP contribution in [0.1, 0.15) is 34.3 Å². The summed E-state index contributed by atoms with van der Waals surface area (Å²) in [6, 6.07) is 5.49. The minimum Gasteiger partial charge on any atom is -0.409 e. The highest BCUT2D eigenvalue weighted by molar-refractivity contribution is 6.00. The minimum absolute atomic E-state index is 0.0373. The Bertz CT molecular complexity index is 505. The van der Waals surface area contributed by atoms with Gasteiger partial charge in [0.1, 0.15) is 0 Å². The van der Waals surface area contributed by atoms with Gasteiger partial charge in [-0.3, -0.25) is 4.79 Å². The van der Waals surface area contributed by atoms with Gasteiger partial charge in [0.2, 0.25) is 0 Å². The van der Waals surface area contributed by atoms with E-state index in [1.807, 2.05) is 32.0 Å². The molecule has 1 saturated heterocycles. The first-order chi connectivity index (χ1) is 9.06. The number of nitrogens with two attached hydrogens (primary N) is 1. The molecular formula is C14H19N3O2. The van der Waals surface area contributed by atoms with Crippen molar-refractivity contribution in [2.24, 2.45) is 10.9 Å². The molecule has 1 aliphatic heterocycles. The predicted octanol–water partition coefficient (Wildman–Crippen LogP) is 1.65. The van der Waals surface area contributed by atoms with Gasteiger partial charge in [-0.1, -0.05) is 23.4 Å². The Morgan fingerprint density at radius 2 is 2.05 bits per heavy atom. The molecule has 5 nitrogen and oxygen atoms in total. The topological polar surface area (TPSA) is 78.9 Å². The molecule has 5 heteroatoms. The summed E-state index contributed by atoms with van der Waals surface area (Å²) >= 11 is 0. The summed E-state index contributed by atoms with van der Waals surface area (Å²) in [6.45, 7) is 4.50. The van der Waals surface area contributed by atoms with Gasteiger partial charge in [-0.05, 0) is 37.8 Å². The molecular weight excluding hydrogens is 242 g/mol. The van der Waals surface area contributed by atoms with E-state index < -0.39 is 0 Å². The molecule has 0 aliphatic carbocycles. The third-order valence-electron chi connectivity index (χ3n) is 3.67. The van der Waals surface area contributed by atoms with Crippen LogP contribution in [0.5, 0.6) is 0 Å². The molecule has 19 heavy (non-hydrogen) atoms. The zero-order valence-corrected chi connectivity index (χ0v) is 11.3. The molecule has 102 valence electrons. The third-order valence-corrected chi connectivity index (χ3v) is 3.67. The van der Waals surface area contributed by atoms with Crippen LogP contribution in [0.15, 0.2) is 23.4 Å². The van der Waals surface area contributed by atoms with Gasteiger partial charge < -0.3 is 15.8 Å². The smallest absolute Gasteiger partial charge is 0.255 e. The molecule has 0 spiro atoms. The summed E-state index contributed by atoms with van der Waals surface area (Å²) in [5.74, 6) is 0.0711. The number of amides is 1. The molecule has 1 aliphatic rings. The first-order valence-electron chi connectivity index (χ1n) is 6.41. The highest BCUT2D eigenvalue weighted by Crippen LogP contribution is 2.23. The van der Waals surface area contributed by atoms with Crippen molar-refractivity contribution in [1.82, 2.24) is 4.90 Å². The fraction of sp³-hybridized carbons (Fsp3) is 0.429. The van der Waals surface area contributed by atoms with E-state index in [0.717, 1.165) is 29.5 Å². The van der Waals surface area contributed by atoms with Gasteiger partial charge in [0.25, 0.3) is 5.91 Å². The number of oxime groups is 1. The highest BCUT2D eigenvalue weighted by Gasteiger charge is 2.33. The highest BCUT2D eigenvalue weighted by atomic mass is 16.4. The van der Waals surface area contributed by atoms with E-state index in [1.165, 1.54) is 0 Å². The normalized spacial score (nSPS) is 19.8. The van der Waals surface area contributed by atoms with Gasteiger partial charge in [0.15, 0.2) is 5.84 Å². The van der Waals surface area contributed by atoms with E-state index in [9.17, 15) is 4.79 Å². The van der Waals surface area contributed by atoms with Crippen molar-refractivity contribution in [3.8, 4) is 0 Å². The summed E-state index contributed by atoms with van der Waals surface area (Å²) in [7, 11) is 0. The van der Waals surface area contributed by atoms with Crippen LogP contribution < -0.4 is 5.73 Å². The number of benzene rings is 1. The predicted molar refractivity (Wildman–Crippen MR) is 73.4 cm³/mol. The van der Waals surface area contributed by atoms with Crippen molar-refractivity contribution in [2.45, 2.75) is 32.7 Å². The molecule has 3 N–H and O–H groups in total. The molecule has 0 saturated carbocycles. The van der Waals surface area contributed by atoms with Crippen LogP contribution >= 0.6 is 0 Å². The maximum Gasteiger partial charge on any atom is 0.255 e. The van der Waals surface area contributed by atoms with Gasteiger partial charge in [-0.25, -0.2) is 0 Å². The first kappa shape index (κ1) is 13.4. The van der Waals surface area contributed by atoms with E-state index >= 15 is 0 Å². The Morgan fingerprint density at radius 3 is 2.63 bits per heavy atom. The second-order valence-corrected chi connectivity index (χ2v) is 4.95. The number of amidine groups is 1. The third kappa shape index (κ3) is 2.41. The van der Waals surface area contributed by atoms with Gasteiger partial charge >= 0.3 is 0 Å². The van der Waals surface area contributed by atoms with Crippen molar-refractivity contribution in [2.75, 3.05) is 6.54 Å². The lowest BCUT2D eigenvalue weighted by atomic mass is 10.0. The molecule has 1 atom stereocenters. The van der Waals surface area contributed by atoms with Crippen molar-refractivity contribution in [1.29, 1.82) is 0 Å². The largest absolute Gasteiger partial charge is 0.409 e. The quantitative estimate of drug-likeness (QED) is 0.368. The summed E-state index contributed by atoms with van der Waals surface area (Å²) in [4.78, 5) is 14.4. The molecule has 1 amide bonds. The van der Waals surface area contributed by atoms with E-state index in [2.05, 4.69) is 5.16 Å². The fourth-order valence-corrected chi connectivity index (χ4v) is 2.68. The number of carbonyl (C=O) groups excluding carboxylic acids is 1. The van der Waals surface area contributed by atoms with Crippen molar-refractivity contribution in [3.05, 3.63) is 34.9 Å². The number of rotatable bonds is 2. The van der Waals surface area contributed by atoms with E-state index in [0.29, 0.717) is 6.54 Å². The zero-order valence-electron chi connectivity index (χ0n) is 11.3. The second-order valence-electron chi connectivity index (χ2n) is 4.95. The molecule has 0 bridgehead atoms. The molecule has 1 heterocycles. The summed E-state index contributed by atoms with van der Waals surface area (Å²) in [5.41, 5.74) is 8.30. The van der Waals surface area contributed by atoms with Gasteiger partial charge in [-0.15, -0.1) is 0 Å². The molecule has 1 fully saturated rings. The minimum atomic E-state index is -0.295. The Kier molecular flexibility index (Phi) is 3.74. The Balaban J connectivity index is 2.34. The van der Waals surface area contributed by atoms with Crippen LogP contribution in [0.25, 0.3) is 0 Å². The lowest BCUT2D eigenvalue weighted by Gasteiger charge is -2.25. The van der Waals surface area contributed by atoms with Crippen molar-refractivity contribution >= 4 is 11.7 Å². The Hall–Kier alpha value is -2.04. The Labute approximate surface area is 112 Å². The average molecular weight is 261 g/mol. The van der Waals surface area contributed by atoms with E-state index in [1.54, 1.807) is 4.90 Å². The second kappa shape index (κ2) is 5.30. The molecule has 0 aromatic heterocycles. The SMILES string of the molecule is Cc1cccc(C)c1C(=O)N1CCCC1/C(N)=N/O. The Morgan fingerprint density at radius 1 is 1.42 bits per heavy atom. The maximum absolute atomic E-state index is 12.7. The van der Waals surface area contributed by atoms with Crippen molar-refractivity contribution in [3.63, 3.8) is 0 Å². The fourth-order valence-electron chi connectivity index (χ4n) is 2.68. The number of carbonyl (C=O) groups is 1. The summed E-state index contributed by atoms with van der Waals surface area (Å²) < 4.78 is 0. The van der Waals surface area contributed by atoms with E-state index in [4.69, 9.17) is 10.9 Å². The van der Waals surface area contributed by atoms with E-state index in [-0.39, 0.29) is 17.8 Å². The maximum atomic E-state index is 12.7. The van der Waals surface area contributed by atoms with Gasteiger partial charge in [0.05, 0.1) is 6.04 Å². The van der Waals surface area contributed by atoms with Crippen LogP contribution in [-0.4, -0.2) is 34.4 Å². The van der Waals surface area contributed by atoms with Crippen LogP contribution in [0.3, 0.4) is 0 Å². The summed E-state index contributed by atoms with van der Waals surface area (Å²) in [6.07, 6.45) is 1.62. The average Bonchev–Trinajstić information content (AvgIpc) is 2.86. The molecule has 1 unspecified atom stereocenters. The number of likely N-dealkylation sites (tertiary alicyclic amines) is 1. The number of aryl methyl sites for hydroxylation is 2.